The molecule has 0 radical (unpaired) electrons. The predicted octanol–water partition coefficient (Wildman–Crippen LogP) is 5.81. The summed E-state index contributed by atoms with van der Waals surface area (Å²) in [5.41, 5.74) is 4.87. The van der Waals surface area contributed by atoms with Crippen molar-refractivity contribution in [2.75, 3.05) is 12.0 Å². The quantitative estimate of drug-likeness (QED) is 0.323. The topological polar surface area (TPSA) is 78.1 Å². The van der Waals surface area contributed by atoms with E-state index in [4.69, 9.17) is 9.72 Å². The average Bonchev–Trinajstić information content (AvgIpc) is 3.48. The van der Waals surface area contributed by atoms with E-state index in [1.807, 2.05) is 20.0 Å². The molecule has 1 unspecified atom stereocenters. The second-order valence-electron chi connectivity index (χ2n) is 10.6. The Bertz CT molecular complexity index is 1520. The standard InChI is InChI=1S/C29H32F2N6O2/c1-17-28(35(2)34-33-17)18-7-14-25-24(15-18)32-29(37(25)19-8-11-21(39-3)12-9-19)26-5-4-6-27(38)36(26)20-10-13-22(30)23(31)16-20/h7,10,13-16,19,21,26H,4-6,8-9,11-12H2,1-3H3. The van der Waals surface area contributed by atoms with E-state index in [1.54, 1.807) is 16.7 Å². The Morgan fingerprint density at radius 3 is 2.49 bits per heavy atom. The molecule has 2 aromatic heterocycles. The number of rotatable bonds is 5. The van der Waals surface area contributed by atoms with Crippen molar-refractivity contribution < 1.29 is 18.3 Å². The number of halogens is 2. The van der Waals surface area contributed by atoms with E-state index >= 15 is 0 Å². The molecular weight excluding hydrogens is 502 g/mol. The molecule has 0 N–H and O–H groups in total. The van der Waals surface area contributed by atoms with Gasteiger partial charge in [0.05, 0.1) is 34.6 Å². The summed E-state index contributed by atoms with van der Waals surface area (Å²) in [6.45, 7) is 1.93. The number of imidazole rings is 1. The van der Waals surface area contributed by atoms with Crippen molar-refractivity contribution in [2.45, 2.75) is 70.1 Å². The maximum Gasteiger partial charge on any atom is 0.227 e. The Morgan fingerprint density at radius 1 is 1.00 bits per heavy atom. The summed E-state index contributed by atoms with van der Waals surface area (Å²) in [4.78, 5) is 20.0. The molecule has 10 heteroatoms. The number of fused-ring (bicyclic) bond motifs is 1. The maximum atomic E-state index is 14.3. The second-order valence-corrected chi connectivity index (χ2v) is 10.6. The number of benzene rings is 2. The third-order valence-electron chi connectivity index (χ3n) is 8.26. The van der Waals surface area contributed by atoms with E-state index in [2.05, 4.69) is 27.0 Å². The summed E-state index contributed by atoms with van der Waals surface area (Å²) in [5.74, 6) is -1.24. The van der Waals surface area contributed by atoms with Crippen LogP contribution in [0.3, 0.4) is 0 Å². The molecule has 1 amide bonds. The van der Waals surface area contributed by atoms with Gasteiger partial charge < -0.3 is 14.2 Å². The molecule has 8 nitrogen and oxygen atoms in total. The predicted molar refractivity (Wildman–Crippen MR) is 143 cm³/mol. The summed E-state index contributed by atoms with van der Waals surface area (Å²) < 4.78 is 37.7. The van der Waals surface area contributed by atoms with Gasteiger partial charge >= 0.3 is 0 Å². The molecule has 4 aromatic rings. The highest BCUT2D eigenvalue weighted by Gasteiger charge is 2.36. The maximum absolute atomic E-state index is 14.3. The summed E-state index contributed by atoms with van der Waals surface area (Å²) in [6.07, 6.45) is 5.70. The summed E-state index contributed by atoms with van der Waals surface area (Å²) in [5, 5.41) is 8.35. The number of carbonyl (C=O) groups excluding carboxylic acids is 1. The third kappa shape index (κ3) is 4.50. The molecule has 3 heterocycles. The zero-order valence-electron chi connectivity index (χ0n) is 22.4. The smallest absolute Gasteiger partial charge is 0.227 e. The van der Waals surface area contributed by atoms with Crippen molar-refractivity contribution in [2.24, 2.45) is 7.05 Å². The fraction of sp³-hybridized carbons (Fsp3) is 0.448. The van der Waals surface area contributed by atoms with Crippen molar-refractivity contribution in [3.63, 3.8) is 0 Å². The number of anilines is 1. The first-order valence-corrected chi connectivity index (χ1v) is 13.5. The van der Waals surface area contributed by atoms with Crippen LogP contribution in [0.25, 0.3) is 22.3 Å². The summed E-state index contributed by atoms with van der Waals surface area (Å²) in [6, 6.07) is 9.65. The molecule has 0 bridgehead atoms. The first-order valence-electron chi connectivity index (χ1n) is 13.5. The van der Waals surface area contributed by atoms with E-state index < -0.39 is 17.7 Å². The number of ether oxygens (including phenoxy) is 1. The number of nitrogens with zero attached hydrogens (tertiary/aromatic N) is 6. The largest absolute Gasteiger partial charge is 0.381 e. The number of carbonyl (C=O) groups is 1. The normalized spacial score (nSPS) is 22.1. The Balaban J connectivity index is 1.50. The van der Waals surface area contributed by atoms with E-state index in [1.165, 1.54) is 6.07 Å². The van der Waals surface area contributed by atoms with Gasteiger partial charge in [0, 0.05) is 43.9 Å². The Morgan fingerprint density at radius 2 is 1.79 bits per heavy atom. The third-order valence-corrected chi connectivity index (χ3v) is 8.26. The van der Waals surface area contributed by atoms with Gasteiger partial charge in [-0.15, -0.1) is 5.10 Å². The van der Waals surface area contributed by atoms with Crippen LogP contribution in [0, 0.1) is 18.6 Å². The van der Waals surface area contributed by atoms with Gasteiger partial charge in [0.2, 0.25) is 5.91 Å². The second kappa shape index (κ2) is 10.1. The molecule has 2 aromatic carbocycles. The molecular formula is C29H32F2N6O2. The Labute approximate surface area is 225 Å². The number of piperidine rings is 1. The zero-order chi connectivity index (χ0) is 27.3. The van der Waals surface area contributed by atoms with E-state index in [-0.39, 0.29) is 18.1 Å². The van der Waals surface area contributed by atoms with Gasteiger partial charge in [-0.25, -0.2) is 18.4 Å². The van der Waals surface area contributed by atoms with Gasteiger partial charge in [-0.3, -0.25) is 4.79 Å². The molecule has 2 aliphatic rings. The molecule has 1 atom stereocenters. The van der Waals surface area contributed by atoms with Crippen molar-refractivity contribution in [1.29, 1.82) is 0 Å². The molecule has 1 saturated heterocycles. The van der Waals surface area contributed by atoms with Crippen LogP contribution in [0.4, 0.5) is 14.5 Å². The molecule has 39 heavy (non-hydrogen) atoms. The Hall–Kier alpha value is -3.66. The van der Waals surface area contributed by atoms with Gasteiger partial charge in [-0.2, -0.15) is 0 Å². The molecule has 6 rings (SSSR count). The van der Waals surface area contributed by atoms with Crippen LogP contribution < -0.4 is 4.90 Å². The number of amides is 1. The minimum atomic E-state index is -0.971. The number of aromatic nitrogens is 5. The van der Waals surface area contributed by atoms with Crippen LogP contribution in [0.1, 0.15) is 68.5 Å². The van der Waals surface area contributed by atoms with Crippen molar-refractivity contribution in [3.8, 4) is 11.3 Å². The molecule has 1 saturated carbocycles. The van der Waals surface area contributed by atoms with Crippen molar-refractivity contribution in [1.82, 2.24) is 24.5 Å². The van der Waals surface area contributed by atoms with Gasteiger partial charge in [0.25, 0.3) is 0 Å². The highest BCUT2D eigenvalue weighted by Crippen LogP contribution is 2.41. The van der Waals surface area contributed by atoms with Gasteiger partial charge in [-0.05, 0) is 69.7 Å². The molecule has 2 fully saturated rings. The van der Waals surface area contributed by atoms with Gasteiger partial charge in [0.15, 0.2) is 11.6 Å². The lowest BCUT2D eigenvalue weighted by Gasteiger charge is -2.37. The highest BCUT2D eigenvalue weighted by molar-refractivity contribution is 5.95. The first-order chi connectivity index (χ1) is 18.9. The number of aryl methyl sites for hydroxylation is 2. The van der Waals surface area contributed by atoms with Gasteiger partial charge in [0.1, 0.15) is 5.82 Å². The van der Waals surface area contributed by atoms with Crippen molar-refractivity contribution >= 4 is 22.6 Å². The average molecular weight is 535 g/mol. The van der Waals surface area contributed by atoms with Crippen LogP contribution in [-0.4, -0.2) is 43.7 Å². The van der Waals surface area contributed by atoms with E-state index in [9.17, 15) is 13.6 Å². The number of methoxy groups -OCH3 is 1. The minimum absolute atomic E-state index is 0.115. The lowest BCUT2D eigenvalue weighted by atomic mass is 9.91. The fourth-order valence-corrected chi connectivity index (χ4v) is 6.35. The molecule has 0 spiro atoms. The molecule has 1 aliphatic heterocycles. The first kappa shape index (κ1) is 25.6. The number of hydrogen-bond acceptors (Lipinski definition) is 5. The van der Waals surface area contributed by atoms with Crippen LogP contribution in [0.2, 0.25) is 0 Å². The summed E-state index contributed by atoms with van der Waals surface area (Å²) in [7, 11) is 3.62. The SMILES string of the molecule is COC1CCC(n2c(C3CCCC(=O)N3c3ccc(F)c(F)c3)nc3cc(-c4c(C)nnn4C)ccc32)CC1. The van der Waals surface area contributed by atoms with Crippen LogP contribution in [0.5, 0.6) is 0 Å². The van der Waals surface area contributed by atoms with Gasteiger partial charge in [-0.1, -0.05) is 11.3 Å². The lowest BCUT2D eigenvalue weighted by molar-refractivity contribution is -0.120. The molecule has 1 aliphatic carbocycles. The minimum Gasteiger partial charge on any atom is -0.381 e. The zero-order valence-corrected chi connectivity index (χ0v) is 22.4. The molecule has 204 valence electrons. The van der Waals surface area contributed by atoms with Crippen LogP contribution in [0.15, 0.2) is 36.4 Å². The Kier molecular flexibility index (Phi) is 6.66. The van der Waals surface area contributed by atoms with Crippen LogP contribution >= 0.6 is 0 Å². The number of hydrogen-bond donors (Lipinski definition) is 0. The lowest BCUT2D eigenvalue weighted by Crippen LogP contribution is -2.40. The monoisotopic (exact) mass is 534 g/mol. The van der Waals surface area contributed by atoms with E-state index in [0.29, 0.717) is 24.9 Å². The fourth-order valence-electron chi connectivity index (χ4n) is 6.35. The van der Waals surface area contributed by atoms with E-state index in [0.717, 1.165) is 71.6 Å². The highest BCUT2D eigenvalue weighted by atomic mass is 19.2. The van der Waals surface area contributed by atoms with Crippen molar-refractivity contribution in [3.05, 3.63) is 59.6 Å². The van der Waals surface area contributed by atoms with Crippen LogP contribution in [-0.2, 0) is 16.6 Å². The summed E-state index contributed by atoms with van der Waals surface area (Å²) >= 11 is 0.